The Labute approximate surface area is 169 Å². The fourth-order valence-electron chi connectivity index (χ4n) is 2.91. The molecule has 0 saturated carbocycles. The predicted octanol–water partition coefficient (Wildman–Crippen LogP) is 5.39. The molecule has 0 atom stereocenters. The van der Waals surface area contributed by atoms with Crippen LogP contribution in [-0.4, -0.2) is 20.2 Å². The lowest BCUT2D eigenvalue weighted by Gasteiger charge is -2.09. The number of nitrogens with one attached hydrogen (secondary N) is 1. The van der Waals surface area contributed by atoms with Crippen LogP contribution in [0.4, 0.5) is 11.5 Å². The zero-order valence-electron chi connectivity index (χ0n) is 16.5. The Balaban J connectivity index is 1.48. The lowest BCUT2D eigenvalue weighted by atomic mass is 10.1. The van der Waals surface area contributed by atoms with Crippen molar-refractivity contribution in [2.45, 2.75) is 20.8 Å². The van der Waals surface area contributed by atoms with Gasteiger partial charge in [0, 0.05) is 28.7 Å². The molecule has 2 heterocycles. The van der Waals surface area contributed by atoms with E-state index < -0.39 is 0 Å². The number of benzene rings is 2. The Bertz CT molecular complexity index is 1100. The van der Waals surface area contributed by atoms with Crippen molar-refractivity contribution in [1.29, 1.82) is 0 Å². The van der Waals surface area contributed by atoms with Crippen LogP contribution in [0.25, 0.3) is 11.3 Å². The molecule has 0 aliphatic carbocycles. The van der Waals surface area contributed by atoms with E-state index >= 15 is 0 Å². The third-order valence-electron chi connectivity index (χ3n) is 4.29. The quantitative estimate of drug-likeness (QED) is 0.498. The molecule has 4 rings (SSSR count). The maximum absolute atomic E-state index is 5.81. The van der Waals surface area contributed by atoms with Crippen molar-refractivity contribution < 1.29 is 4.74 Å². The average Bonchev–Trinajstić information content (AvgIpc) is 2.69. The molecule has 0 saturated heterocycles. The van der Waals surface area contributed by atoms with Gasteiger partial charge in [-0.3, -0.25) is 0 Å². The monoisotopic (exact) mass is 383 g/mol. The van der Waals surface area contributed by atoms with E-state index in [0.29, 0.717) is 17.6 Å². The summed E-state index contributed by atoms with van der Waals surface area (Å²) >= 11 is 0. The number of ether oxygens (including phenoxy) is 1. The van der Waals surface area contributed by atoms with Gasteiger partial charge in [-0.05, 0) is 51.1 Å². The van der Waals surface area contributed by atoms with Gasteiger partial charge < -0.3 is 10.1 Å². The molecule has 0 aliphatic rings. The van der Waals surface area contributed by atoms with Crippen LogP contribution in [-0.2, 0) is 0 Å². The highest BCUT2D eigenvalue weighted by molar-refractivity contribution is 5.62. The van der Waals surface area contributed by atoms with Crippen LogP contribution in [0.5, 0.6) is 11.8 Å². The molecule has 2 aromatic carbocycles. The van der Waals surface area contributed by atoms with Crippen LogP contribution in [0.1, 0.15) is 17.0 Å². The van der Waals surface area contributed by atoms with Gasteiger partial charge in [-0.2, -0.15) is 0 Å². The first kappa shape index (κ1) is 18.6. The van der Waals surface area contributed by atoms with Gasteiger partial charge in [-0.1, -0.05) is 35.9 Å². The van der Waals surface area contributed by atoms with Crippen LogP contribution in [0, 0.1) is 20.8 Å². The van der Waals surface area contributed by atoms with Crippen LogP contribution in [0.15, 0.2) is 66.7 Å². The summed E-state index contributed by atoms with van der Waals surface area (Å²) in [6, 6.07) is 21.9. The molecule has 4 aromatic rings. The van der Waals surface area contributed by atoms with Crippen molar-refractivity contribution in [1.82, 2.24) is 20.2 Å². The second-order valence-corrected chi connectivity index (χ2v) is 6.86. The SMILES string of the molecule is Cc1ccc(-c2ccc(Nc3cccc(Oc4nc(C)cc(C)n4)c3)nn2)cc1. The third kappa shape index (κ3) is 4.73. The topological polar surface area (TPSA) is 72.8 Å². The standard InChI is InChI=1S/C23H21N5O/c1-15-7-9-18(10-8-15)21-11-12-22(28-27-21)26-19-5-4-6-20(14-19)29-23-24-16(2)13-17(3)25-23/h4-14H,1-3H3,(H,26,28). The maximum atomic E-state index is 5.81. The smallest absolute Gasteiger partial charge is 0.322 e. The van der Waals surface area contributed by atoms with Crippen molar-refractivity contribution >= 4 is 11.5 Å². The Morgan fingerprint density at radius 3 is 2.21 bits per heavy atom. The van der Waals surface area contributed by atoms with Gasteiger partial charge in [0.15, 0.2) is 5.82 Å². The molecule has 0 spiro atoms. The molecule has 144 valence electrons. The van der Waals surface area contributed by atoms with Gasteiger partial charge in [0.05, 0.1) is 5.69 Å². The predicted molar refractivity (Wildman–Crippen MR) is 114 cm³/mol. The van der Waals surface area contributed by atoms with Crippen LogP contribution >= 0.6 is 0 Å². The summed E-state index contributed by atoms with van der Waals surface area (Å²) in [5, 5.41) is 11.8. The lowest BCUT2D eigenvalue weighted by Crippen LogP contribution is -1.98. The fraction of sp³-hybridized carbons (Fsp3) is 0.130. The average molecular weight is 383 g/mol. The summed E-state index contributed by atoms with van der Waals surface area (Å²) in [6.07, 6.45) is 0. The van der Waals surface area contributed by atoms with Crippen LogP contribution in [0.2, 0.25) is 0 Å². The minimum atomic E-state index is 0.335. The first-order chi connectivity index (χ1) is 14.0. The van der Waals surface area contributed by atoms with E-state index in [4.69, 9.17) is 4.74 Å². The van der Waals surface area contributed by atoms with E-state index in [1.165, 1.54) is 5.56 Å². The molecule has 29 heavy (non-hydrogen) atoms. The molecular weight excluding hydrogens is 362 g/mol. The molecule has 0 unspecified atom stereocenters. The van der Waals surface area contributed by atoms with E-state index in [0.717, 1.165) is 28.3 Å². The molecule has 6 nitrogen and oxygen atoms in total. The third-order valence-corrected chi connectivity index (χ3v) is 4.29. The normalized spacial score (nSPS) is 10.6. The summed E-state index contributed by atoms with van der Waals surface area (Å²) in [4.78, 5) is 8.62. The van der Waals surface area contributed by atoms with Gasteiger partial charge in [0.25, 0.3) is 0 Å². The fourth-order valence-corrected chi connectivity index (χ4v) is 2.91. The van der Waals surface area contributed by atoms with Gasteiger partial charge in [0.2, 0.25) is 0 Å². The van der Waals surface area contributed by atoms with Crippen molar-refractivity contribution in [2.75, 3.05) is 5.32 Å². The minimum Gasteiger partial charge on any atom is -0.424 e. The molecule has 2 aromatic heterocycles. The molecule has 0 amide bonds. The highest BCUT2D eigenvalue weighted by Crippen LogP contribution is 2.24. The second kappa shape index (κ2) is 8.06. The van der Waals surface area contributed by atoms with Crippen molar-refractivity contribution in [3.63, 3.8) is 0 Å². The number of hydrogen-bond donors (Lipinski definition) is 1. The van der Waals surface area contributed by atoms with Crippen molar-refractivity contribution in [3.8, 4) is 23.0 Å². The lowest BCUT2D eigenvalue weighted by molar-refractivity contribution is 0.439. The van der Waals surface area contributed by atoms with E-state index in [1.807, 2.05) is 68.4 Å². The number of anilines is 2. The zero-order valence-corrected chi connectivity index (χ0v) is 16.5. The molecular formula is C23H21N5O. The Morgan fingerprint density at radius 1 is 0.759 bits per heavy atom. The van der Waals surface area contributed by atoms with E-state index in [-0.39, 0.29) is 0 Å². The minimum absolute atomic E-state index is 0.335. The van der Waals surface area contributed by atoms with Gasteiger partial charge in [-0.15, -0.1) is 10.2 Å². The first-order valence-corrected chi connectivity index (χ1v) is 9.33. The van der Waals surface area contributed by atoms with Gasteiger partial charge in [-0.25, -0.2) is 9.97 Å². The Hall–Kier alpha value is -3.80. The highest BCUT2D eigenvalue weighted by Gasteiger charge is 2.05. The molecule has 0 radical (unpaired) electrons. The van der Waals surface area contributed by atoms with Crippen LogP contribution < -0.4 is 10.1 Å². The van der Waals surface area contributed by atoms with Gasteiger partial charge >= 0.3 is 6.01 Å². The molecule has 0 fully saturated rings. The van der Waals surface area contributed by atoms with Crippen molar-refractivity contribution in [2.24, 2.45) is 0 Å². The Morgan fingerprint density at radius 2 is 1.52 bits per heavy atom. The number of hydrogen-bond acceptors (Lipinski definition) is 6. The van der Waals surface area contributed by atoms with E-state index in [2.05, 4.69) is 44.5 Å². The molecule has 1 N–H and O–H groups in total. The summed E-state index contributed by atoms with van der Waals surface area (Å²) in [7, 11) is 0. The second-order valence-electron chi connectivity index (χ2n) is 6.86. The largest absolute Gasteiger partial charge is 0.424 e. The first-order valence-electron chi connectivity index (χ1n) is 9.33. The summed E-state index contributed by atoms with van der Waals surface area (Å²) in [5.41, 5.74) is 5.66. The van der Waals surface area contributed by atoms with Crippen molar-refractivity contribution in [3.05, 3.63) is 83.7 Å². The summed E-state index contributed by atoms with van der Waals surface area (Å²) < 4.78 is 5.81. The van der Waals surface area contributed by atoms with Gasteiger partial charge in [0.1, 0.15) is 5.75 Å². The number of aryl methyl sites for hydroxylation is 3. The number of aromatic nitrogens is 4. The Kier molecular flexibility index (Phi) is 5.16. The van der Waals surface area contributed by atoms with Crippen LogP contribution in [0.3, 0.4) is 0 Å². The molecule has 0 aliphatic heterocycles. The maximum Gasteiger partial charge on any atom is 0.322 e. The molecule has 0 bridgehead atoms. The highest BCUT2D eigenvalue weighted by atomic mass is 16.5. The number of nitrogens with zero attached hydrogens (tertiary/aromatic N) is 4. The zero-order chi connectivity index (χ0) is 20.2. The molecule has 6 heteroatoms. The van der Waals surface area contributed by atoms with E-state index in [1.54, 1.807) is 0 Å². The van der Waals surface area contributed by atoms with E-state index in [9.17, 15) is 0 Å². The summed E-state index contributed by atoms with van der Waals surface area (Å²) in [6.45, 7) is 5.89. The summed E-state index contributed by atoms with van der Waals surface area (Å²) in [5.74, 6) is 1.30. The number of rotatable bonds is 5.